The molecule has 0 fully saturated rings. The number of nitrogens with two attached hydrogens (primary N) is 1. The second-order valence-electron chi connectivity index (χ2n) is 5.34. The Labute approximate surface area is 163 Å². The van der Waals surface area contributed by atoms with Crippen molar-refractivity contribution in [2.45, 2.75) is 11.8 Å². The van der Waals surface area contributed by atoms with E-state index in [1.54, 1.807) is 36.4 Å². The van der Waals surface area contributed by atoms with Gasteiger partial charge in [-0.05, 0) is 30.3 Å². The minimum atomic E-state index is -0.479. The third-order valence-electron chi connectivity index (χ3n) is 3.37. The highest BCUT2D eigenvalue weighted by molar-refractivity contribution is 7.99. The van der Waals surface area contributed by atoms with Crippen LogP contribution >= 0.6 is 23.4 Å². The number of ether oxygens (including phenoxy) is 1. The number of carbonyl (C=O) groups is 1. The number of halogens is 2. The van der Waals surface area contributed by atoms with Gasteiger partial charge in [-0.15, -0.1) is 10.2 Å². The van der Waals surface area contributed by atoms with Crippen molar-refractivity contribution in [1.29, 1.82) is 0 Å². The number of nitrogens with one attached hydrogen (secondary N) is 1. The zero-order valence-electron chi connectivity index (χ0n) is 13.9. The van der Waals surface area contributed by atoms with Gasteiger partial charge in [-0.2, -0.15) is 0 Å². The van der Waals surface area contributed by atoms with Crippen LogP contribution < -0.4 is 15.9 Å². The molecule has 0 atom stereocenters. The van der Waals surface area contributed by atoms with Crippen molar-refractivity contribution in [2.24, 2.45) is 0 Å². The molecule has 3 aromatic rings. The van der Waals surface area contributed by atoms with E-state index in [2.05, 4.69) is 15.5 Å². The van der Waals surface area contributed by atoms with Crippen molar-refractivity contribution in [3.05, 3.63) is 65.2 Å². The molecule has 7 nitrogen and oxygen atoms in total. The molecule has 0 aliphatic heterocycles. The lowest BCUT2D eigenvalue weighted by Gasteiger charge is -2.07. The first-order valence-corrected chi connectivity index (χ1v) is 9.14. The number of carbonyl (C=O) groups excluding carboxylic acids is 1. The number of benzene rings is 2. The largest absolute Gasteiger partial charge is 0.482 e. The van der Waals surface area contributed by atoms with Crippen molar-refractivity contribution < 1.29 is 13.9 Å². The quantitative estimate of drug-likeness (QED) is 0.461. The maximum absolute atomic E-state index is 13.6. The van der Waals surface area contributed by atoms with Gasteiger partial charge in [0.25, 0.3) is 0 Å². The molecular weight excluding hydrogens is 393 g/mol. The van der Waals surface area contributed by atoms with Crippen LogP contribution in [0.1, 0.15) is 5.82 Å². The van der Waals surface area contributed by atoms with Gasteiger partial charge in [-0.3, -0.25) is 4.79 Å². The second kappa shape index (κ2) is 8.74. The average molecular weight is 408 g/mol. The number of amides is 1. The average Bonchev–Trinajstić information content (AvgIpc) is 2.99. The summed E-state index contributed by atoms with van der Waals surface area (Å²) in [5.41, 5.74) is 0.598. The third kappa shape index (κ3) is 5.11. The van der Waals surface area contributed by atoms with E-state index in [0.29, 0.717) is 21.7 Å². The highest BCUT2D eigenvalue weighted by Crippen LogP contribution is 2.19. The molecule has 140 valence electrons. The Morgan fingerprint density at radius 3 is 2.85 bits per heavy atom. The van der Waals surface area contributed by atoms with E-state index in [-0.39, 0.29) is 24.0 Å². The Kier molecular flexibility index (Phi) is 6.15. The van der Waals surface area contributed by atoms with Gasteiger partial charge < -0.3 is 15.9 Å². The predicted octanol–water partition coefficient (Wildman–Crippen LogP) is 3.09. The molecule has 0 aliphatic rings. The summed E-state index contributed by atoms with van der Waals surface area (Å²) in [6, 6.07) is 12.9. The van der Waals surface area contributed by atoms with Crippen LogP contribution in [-0.2, 0) is 11.4 Å². The van der Waals surface area contributed by atoms with Gasteiger partial charge in [0.2, 0.25) is 11.1 Å². The fourth-order valence-electron chi connectivity index (χ4n) is 2.10. The number of anilines is 1. The third-order valence-corrected chi connectivity index (χ3v) is 4.55. The van der Waals surface area contributed by atoms with Gasteiger partial charge in [0, 0.05) is 10.7 Å². The molecule has 27 heavy (non-hydrogen) atoms. The number of hydrogen-bond donors (Lipinski definition) is 2. The summed E-state index contributed by atoms with van der Waals surface area (Å²) in [6.07, 6.45) is 0. The molecule has 0 bridgehead atoms. The van der Waals surface area contributed by atoms with Crippen molar-refractivity contribution >= 4 is 35.0 Å². The summed E-state index contributed by atoms with van der Waals surface area (Å²) >= 11 is 6.99. The molecule has 2 aromatic carbocycles. The number of hydrogen-bond acceptors (Lipinski definition) is 6. The SMILES string of the molecule is Nn1c(COc2ccccc2F)nnc1SCC(=O)Nc1cccc(Cl)c1. The molecule has 3 rings (SSSR count). The maximum atomic E-state index is 13.6. The summed E-state index contributed by atoms with van der Waals surface area (Å²) in [4.78, 5) is 12.0. The van der Waals surface area contributed by atoms with Crippen LogP contribution in [0.3, 0.4) is 0 Å². The lowest BCUT2D eigenvalue weighted by Crippen LogP contribution is -2.18. The first-order valence-electron chi connectivity index (χ1n) is 7.78. The highest BCUT2D eigenvalue weighted by atomic mass is 35.5. The number of rotatable bonds is 7. The molecule has 0 radical (unpaired) electrons. The van der Waals surface area contributed by atoms with Crippen LogP contribution in [0.5, 0.6) is 5.75 Å². The molecule has 3 N–H and O–H groups in total. The first kappa shape index (κ1) is 19.0. The Hall–Kier alpha value is -2.78. The summed E-state index contributed by atoms with van der Waals surface area (Å²) < 4.78 is 20.1. The summed E-state index contributed by atoms with van der Waals surface area (Å²) in [5.74, 6) is 5.67. The van der Waals surface area contributed by atoms with Gasteiger partial charge in [0.1, 0.15) is 6.61 Å². The van der Waals surface area contributed by atoms with Crippen LogP contribution in [0.15, 0.2) is 53.7 Å². The summed E-state index contributed by atoms with van der Waals surface area (Å²) in [5, 5.41) is 11.4. The zero-order chi connectivity index (χ0) is 19.2. The maximum Gasteiger partial charge on any atom is 0.234 e. The van der Waals surface area contributed by atoms with Crippen LogP contribution in [0, 0.1) is 5.82 Å². The van der Waals surface area contributed by atoms with Gasteiger partial charge in [0.15, 0.2) is 17.4 Å². The minimum Gasteiger partial charge on any atom is -0.482 e. The number of para-hydroxylation sites is 1. The van der Waals surface area contributed by atoms with Crippen LogP contribution in [0.4, 0.5) is 10.1 Å². The second-order valence-corrected chi connectivity index (χ2v) is 6.71. The molecule has 1 heterocycles. The Morgan fingerprint density at radius 1 is 1.26 bits per heavy atom. The van der Waals surface area contributed by atoms with Crippen molar-refractivity contribution in [2.75, 3.05) is 16.9 Å². The van der Waals surface area contributed by atoms with Crippen molar-refractivity contribution in [3.8, 4) is 5.75 Å². The lowest BCUT2D eigenvalue weighted by molar-refractivity contribution is -0.113. The van der Waals surface area contributed by atoms with Crippen LogP contribution in [-0.4, -0.2) is 26.5 Å². The molecule has 0 spiro atoms. The molecule has 1 aromatic heterocycles. The summed E-state index contributed by atoms with van der Waals surface area (Å²) in [6.45, 7) is -0.0558. The fraction of sp³-hybridized carbons (Fsp3) is 0.118. The smallest absolute Gasteiger partial charge is 0.234 e. The summed E-state index contributed by atoms with van der Waals surface area (Å²) in [7, 11) is 0. The molecule has 0 aliphatic carbocycles. The van der Waals surface area contributed by atoms with Gasteiger partial charge >= 0.3 is 0 Å². The van der Waals surface area contributed by atoms with Crippen molar-refractivity contribution in [1.82, 2.24) is 14.9 Å². The van der Waals surface area contributed by atoms with Crippen LogP contribution in [0.25, 0.3) is 0 Å². The molecule has 10 heteroatoms. The van der Waals surface area contributed by atoms with E-state index in [9.17, 15) is 9.18 Å². The Balaban J connectivity index is 1.54. The molecule has 1 amide bonds. The monoisotopic (exact) mass is 407 g/mol. The standard InChI is InChI=1S/C17H15ClFN5O2S/c18-11-4-3-5-12(8-11)21-16(25)10-27-17-23-22-15(24(17)20)9-26-14-7-2-1-6-13(14)19/h1-8H,9-10,20H2,(H,21,25). The van der Waals surface area contributed by atoms with Gasteiger partial charge in [-0.1, -0.05) is 41.6 Å². The van der Waals surface area contributed by atoms with E-state index < -0.39 is 5.82 Å². The molecule has 0 unspecified atom stereocenters. The number of aromatic nitrogens is 3. The highest BCUT2D eigenvalue weighted by Gasteiger charge is 2.14. The van der Waals surface area contributed by atoms with E-state index in [1.807, 2.05) is 0 Å². The normalized spacial score (nSPS) is 10.6. The topological polar surface area (TPSA) is 95.1 Å². The zero-order valence-corrected chi connectivity index (χ0v) is 15.5. The fourth-order valence-corrected chi connectivity index (χ4v) is 2.97. The van der Waals surface area contributed by atoms with Gasteiger partial charge in [-0.25, -0.2) is 9.07 Å². The van der Waals surface area contributed by atoms with Crippen LogP contribution in [0.2, 0.25) is 5.02 Å². The number of thioether (sulfide) groups is 1. The lowest BCUT2D eigenvalue weighted by atomic mass is 10.3. The van der Waals surface area contributed by atoms with E-state index in [4.69, 9.17) is 22.2 Å². The molecule has 0 saturated carbocycles. The predicted molar refractivity (Wildman–Crippen MR) is 102 cm³/mol. The van der Waals surface area contributed by atoms with E-state index in [1.165, 1.54) is 16.8 Å². The number of nitrogens with zero attached hydrogens (tertiary/aromatic N) is 3. The Morgan fingerprint density at radius 2 is 2.07 bits per heavy atom. The molecule has 0 saturated heterocycles. The van der Waals surface area contributed by atoms with E-state index in [0.717, 1.165) is 11.8 Å². The Bertz CT molecular complexity index is 953. The molecular formula is C17H15ClFN5O2S. The first-order chi connectivity index (χ1) is 13.0. The van der Waals surface area contributed by atoms with Gasteiger partial charge in [0.05, 0.1) is 5.75 Å². The number of nitrogen functional groups attached to an aromatic ring is 1. The minimum absolute atomic E-state index is 0.0558. The van der Waals surface area contributed by atoms with E-state index >= 15 is 0 Å². The van der Waals surface area contributed by atoms with Crippen molar-refractivity contribution in [3.63, 3.8) is 0 Å².